The van der Waals surface area contributed by atoms with E-state index >= 15 is 0 Å². The predicted octanol–water partition coefficient (Wildman–Crippen LogP) is 5.30. The SMILES string of the molecule is CC(C)(C)OC(=O)N1CCC(OC(=O)C(O)(c2ccc(Cl)s2)c2ccc(Cl)s2)CC1. The Morgan fingerprint density at radius 2 is 1.53 bits per heavy atom. The van der Waals surface area contributed by atoms with E-state index in [1.807, 2.05) is 20.8 Å². The van der Waals surface area contributed by atoms with Gasteiger partial charge in [-0.15, -0.1) is 22.7 Å². The van der Waals surface area contributed by atoms with Crippen molar-refractivity contribution in [2.24, 2.45) is 0 Å². The van der Waals surface area contributed by atoms with E-state index in [-0.39, 0.29) is 6.09 Å². The van der Waals surface area contributed by atoms with Crippen LogP contribution in [0.25, 0.3) is 0 Å². The standard InChI is InChI=1S/C20H23Cl2NO5S2/c1-19(2,3)28-18(25)23-10-8-12(9-11-23)27-17(24)20(26,13-4-6-15(21)29-13)14-5-7-16(22)30-14/h4-7,12,26H,8-11H2,1-3H3. The summed E-state index contributed by atoms with van der Waals surface area (Å²) in [5.41, 5.74) is -2.56. The van der Waals surface area contributed by atoms with Crippen LogP contribution in [-0.4, -0.2) is 46.9 Å². The molecule has 0 unspecified atom stereocenters. The van der Waals surface area contributed by atoms with Gasteiger partial charge >= 0.3 is 12.1 Å². The quantitative estimate of drug-likeness (QED) is 0.587. The third kappa shape index (κ3) is 5.29. The average Bonchev–Trinajstić information content (AvgIpc) is 3.29. The summed E-state index contributed by atoms with van der Waals surface area (Å²) in [7, 11) is 0. The maximum absolute atomic E-state index is 13.1. The molecule has 1 aliphatic heterocycles. The first-order valence-corrected chi connectivity index (χ1v) is 11.8. The molecule has 1 aliphatic rings. The molecule has 2 aromatic rings. The number of carbonyl (C=O) groups excluding carboxylic acids is 2. The molecule has 0 spiro atoms. The maximum Gasteiger partial charge on any atom is 0.410 e. The Morgan fingerprint density at radius 3 is 1.93 bits per heavy atom. The van der Waals surface area contributed by atoms with Crippen molar-refractivity contribution in [3.8, 4) is 0 Å². The summed E-state index contributed by atoms with van der Waals surface area (Å²) in [4.78, 5) is 27.6. The minimum Gasteiger partial charge on any atom is -0.460 e. The number of ether oxygens (including phenoxy) is 2. The lowest BCUT2D eigenvalue weighted by molar-refractivity contribution is -0.169. The van der Waals surface area contributed by atoms with Crippen LogP contribution in [-0.2, 0) is 19.9 Å². The van der Waals surface area contributed by atoms with Gasteiger partial charge in [-0.2, -0.15) is 0 Å². The highest BCUT2D eigenvalue weighted by Crippen LogP contribution is 2.41. The minimum absolute atomic E-state index is 0.363. The molecular weight excluding hydrogens is 469 g/mol. The van der Waals surface area contributed by atoms with Crippen LogP contribution >= 0.6 is 45.9 Å². The fraction of sp³-hybridized carbons (Fsp3) is 0.500. The lowest BCUT2D eigenvalue weighted by atomic mass is 9.99. The fourth-order valence-electron chi connectivity index (χ4n) is 3.06. The number of halogens is 2. The maximum atomic E-state index is 13.1. The van der Waals surface area contributed by atoms with Crippen molar-refractivity contribution in [1.29, 1.82) is 0 Å². The molecule has 164 valence electrons. The Kier molecular flexibility index (Phi) is 7.04. The van der Waals surface area contributed by atoms with Gasteiger partial charge in [0.25, 0.3) is 0 Å². The van der Waals surface area contributed by atoms with Gasteiger partial charge in [-0.25, -0.2) is 9.59 Å². The Labute approximate surface area is 193 Å². The first-order valence-electron chi connectivity index (χ1n) is 9.42. The summed E-state index contributed by atoms with van der Waals surface area (Å²) in [6.45, 7) is 6.25. The summed E-state index contributed by atoms with van der Waals surface area (Å²) >= 11 is 14.3. The molecule has 2 aromatic heterocycles. The third-order valence-corrected chi connectivity index (χ3v) is 7.20. The van der Waals surface area contributed by atoms with Crippen LogP contribution in [0.5, 0.6) is 0 Å². The fourth-order valence-corrected chi connectivity index (χ4v) is 5.40. The molecule has 1 N–H and O–H groups in total. The van der Waals surface area contributed by atoms with E-state index in [1.165, 1.54) is 0 Å². The predicted molar refractivity (Wildman–Crippen MR) is 119 cm³/mol. The first kappa shape index (κ1) is 23.3. The molecule has 0 saturated carbocycles. The number of rotatable bonds is 4. The molecule has 0 radical (unpaired) electrons. The Hall–Kier alpha value is -1.32. The number of piperidine rings is 1. The van der Waals surface area contributed by atoms with E-state index in [0.717, 1.165) is 22.7 Å². The van der Waals surface area contributed by atoms with Gasteiger partial charge in [0.1, 0.15) is 11.7 Å². The second-order valence-corrected chi connectivity index (χ2v) is 11.4. The zero-order valence-corrected chi connectivity index (χ0v) is 20.0. The van der Waals surface area contributed by atoms with Gasteiger partial charge < -0.3 is 19.5 Å². The number of likely N-dealkylation sites (tertiary alicyclic amines) is 1. The molecule has 3 heterocycles. The van der Waals surface area contributed by atoms with Crippen molar-refractivity contribution < 1.29 is 24.2 Å². The molecule has 0 bridgehead atoms. The second-order valence-electron chi connectivity index (χ2n) is 7.99. The number of thiophene rings is 2. The van der Waals surface area contributed by atoms with Crippen LogP contribution in [0.2, 0.25) is 8.67 Å². The number of aliphatic hydroxyl groups is 1. The van der Waals surface area contributed by atoms with Gasteiger partial charge in [0.05, 0.1) is 18.4 Å². The lowest BCUT2D eigenvalue weighted by Gasteiger charge is -2.34. The number of nitrogens with zero attached hydrogens (tertiary/aromatic N) is 1. The molecule has 10 heteroatoms. The molecule has 1 amide bonds. The van der Waals surface area contributed by atoms with Gasteiger partial charge in [0, 0.05) is 25.9 Å². The summed E-state index contributed by atoms with van der Waals surface area (Å²) in [6, 6.07) is 6.45. The van der Waals surface area contributed by atoms with E-state index in [0.29, 0.717) is 44.4 Å². The van der Waals surface area contributed by atoms with Crippen molar-refractivity contribution in [2.75, 3.05) is 13.1 Å². The van der Waals surface area contributed by atoms with Gasteiger partial charge in [-0.3, -0.25) is 0 Å². The second kappa shape index (κ2) is 9.04. The van der Waals surface area contributed by atoms with Crippen LogP contribution in [0.3, 0.4) is 0 Å². The van der Waals surface area contributed by atoms with Crippen molar-refractivity contribution in [2.45, 2.75) is 50.9 Å². The number of hydrogen-bond acceptors (Lipinski definition) is 7. The lowest BCUT2D eigenvalue weighted by Crippen LogP contribution is -2.45. The van der Waals surface area contributed by atoms with Crippen LogP contribution < -0.4 is 0 Å². The summed E-state index contributed by atoms with van der Waals surface area (Å²) in [5.74, 6) is -0.782. The third-order valence-electron chi connectivity index (χ3n) is 4.52. The first-order chi connectivity index (χ1) is 14.0. The monoisotopic (exact) mass is 491 g/mol. The van der Waals surface area contributed by atoms with E-state index in [1.54, 1.807) is 29.2 Å². The zero-order chi connectivity index (χ0) is 22.1. The van der Waals surface area contributed by atoms with Crippen LogP contribution in [0.15, 0.2) is 24.3 Å². The summed E-state index contributed by atoms with van der Waals surface area (Å²) in [6.07, 6.45) is 0.105. The van der Waals surface area contributed by atoms with Crippen molar-refractivity contribution in [3.05, 3.63) is 42.7 Å². The largest absolute Gasteiger partial charge is 0.460 e. The van der Waals surface area contributed by atoms with E-state index < -0.39 is 23.3 Å². The molecule has 3 rings (SSSR count). The van der Waals surface area contributed by atoms with E-state index in [2.05, 4.69) is 0 Å². The summed E-state index contributed by atoms with van der Waals surface area (Å²) in [5, 5.41) is 11.4. The van der Waals surface area contributed by atoms with Gasteiger partial charge in [0.2, 0.25) is 5.60 Å². The Bertz CT molecular complexity index is 872. The van der Waals surface area contributed by atoms with Gasteiger partial charge in [-0.1, -0.05) is 23.2 Å². The molecular formula is C20H23Cl2NO5S2. The molecule has 0 aromatic carbocycles. The molecule has 30 heavy (non-hydrogen) atoms. The topological polar surface area (TPSA) is 76.1 Å². The highest BCUT2D eigenvalue weighted by Gasteiger charge is 2.45. The molecule has 6 nitrogen and oxygen atoms in total. The molecule has 1 fully saturated rings. The summed E-state index contributed by atoms with van der Waals surface area (Å²) < 4.78 is 12.0. The number of amides is 1. The van der Waals surface area contributed by atoms with Crippen LogP contribution in [0.1, 0.15) is 43.4 Å². The normalized spacial score (nSPS) is 15.9. The Balaban J connectivity index is 1.70. The number of carbonyl (C=O) groups is 2. The van der Waals surface area contributed by atoms with E-state index in [4.69, 9.17) is 32.7 Å². The minimum atomic E-state index is -1.99. The smallest absolute Gasteiger partial charge is 0.410 e. The van der Waals surface area contributed by atoms with Crippen molar-refractivity contribution in [3.63, 3.8) is 0 Å². The van der Waals surface area contributed by atoms with Gasteiger partial charge in [-0.05, 0) is 45.0 Å². The molecule has 0 atom stereocenters. The Morgan fingerprint density at radius 1 is 1.03 bits per heavy atom. The zero-order valence-electron chi connectivity index (χ0n) is 16.8. The van der Waals surface area contributed by atoms with Gasteiger partial charge in [0.15, 0.2) is 0 Å². The van der Waals surface area contributed by atoms with Crippen LogP contribution in [0.4, 0.5) is 4.79 Å². The van der Waals surface area contributed by atoms with Crippen molar-refractivity contribution in [1.82, 2.24) is 4.90 Å². The highest BCUT2D eigenvalue weighted by atomic mass is 35.5. The average molecular weight is 492 g/mol. The number of hydrogen-bond donors (Lipinski definition) is 1. The van der Waals surface area contributed by atoms with Crippen molar-refractivity contribution >= 4 is 57.9 Å². The molecule has 1 saturated heterocycles. The van der Waals surface area contributed by atoms with Crippen LogP contribution in [0, 0.1) is 0 Å². The highest BCUT2D eigenvalue weighted by molar-refractivity contribution is 7.18. The van der Waals surface area contributed by atoms with E-state index in [9.17, 15) is 14.7 Å². The number of esters is 1. The molecule has 0 aliphatic carbocycles.